The molecule has 168 valence electrons. The highest BCUT2D eigenvalue weighted by molar-refractivity contribution is 7.92. The second-order valence-electron chi connectivity index (χ2n) is 7.91. The Labute approximate surface area is 194 Å². The summed E-state index contributed by atoms with van der Waals surface area (Å²) >= 11 is 1.50. The van der Waals surface area contributed by atoms with Crippen molar-refractivity contribution in [3.8, 4) is 0 Å². The predicted molar refractivity (Wildman–Crippen MR) is 126 cm³/mol. The summed E-state index contributed by atoms with van der Waals surface area (Å²) in [5.74, 6) is -1.71. The summed E-state index contributed by atoms with van der Waals surface area (Å²) in [6.45, 7) is 0. The maximum atomic E-state index is 13.5. The summed E-state index contributed by atoms with van der Waals surface area (Å²) in [4.78, 5) is 14.3. The summed E-state index contributed by atoms with van der Waals surface area (Å²) in [6.07, 6.45) is 1.96. The van der Waals surface area contributed by atoms with E-state index in [1.165, 1.54) is 34.7 Å². The molecule has 3 heterocycles. The molecule has 2 aromatic carbocycles. The first-order valence-corrected chi connectivity index (χ1v) is 12.8. The third-order valence-corrected chi connectivity index (χ3v) is 8.28. The molecule has 1 atom stereocenters. The molecule has 0 bridgehead atoms. The summed E-state index contributed by atoms with van der Waals surface area (Å²) in [5.41, 5.74) is 2.17. The van der Waals surface area contributed by atoms with E-state index in [0.717, 1.165) is 10.4 Å². The van der Waals surface area contributed by atoms with Gasteiger partial charge in [-0.1, -0.05) is 36.4 Å². The largest absolute Gasteiger partial charge is 0.349 e. The maximum absolute atomic E-state index is 13.5. The van der Waals surface area contributed by atoms with Crippen LogP contribution in [-0.4, -0.2) is 35.4 Å². The number of hydrogen-bond donors (Lipinski definition) is 0. The highest BCUT2D eigenvalue weighted by atomic mass is 32.2. The van der Waals surface area contributed by atoms with E-state index in [4.69, 9.17) is 0 Å². The third-order valence-electron chi connectivity index (χ3n) is 5.74. The van der Waals surface area contributed by atoms with Crippen LogP contribution in [0.25, 0.3) is 10.9 Å². The maximum Gasteiger partial charge on any atom is 0.258 e. The van der Waals surface area contributed by atoms with Gasteiger partial charge in [-0.2, -0.15) is 5.10 Å². The van der Waals surface area contributed by atoms with E-state index in [1.807, 2.05) is 29.6 Å². The molecule has 0 spiro atoms. The number of nitrogens with zero attached hydrogens (tertiary/aromatic N) is 3. The molecule has 33 heavy (non-hydrogen) atoms. The van der Waals surface area contributed by atoms with E-state index in [-0.39, 0.29) is 10.7 Å². The lowest BCUT2D eigenvalue weighted by molar-refractivity contribution is -0.130. The molecule has 5 rings (SSSR count). The van der Waals surface area contributed by atoms with Crippen molar-refractivity contribution in [3.05, 3.63) is 88.5 Å². The SMILES string of the molecule is Cn1cc(S(=O)(=O)CC(=O)N2N=C(c3cccs3)CC2c2ccc(F)cc2)c2ccccc21. The molecule has 4 aromatic rings. The second kappa shape index (κ2) is 8.24. The van der Waals surface area contributed by atoms with E-state index in [1.54, 1.807) is 35.9 Å². The first-order valence-electron chi connectivity index (χ1n) is 10.3. The van der Waals surface area contributed by atoms with Gasteiger partial charge < -0.3 is 4.57 Å². The van der Waals surface area contributed by atoms with Crippen LogP contribution in [0.2, 0.25) is 0 Å². The highest BCUT2D eigenvalue weighted by Gasteiger charge is 2.36. The van der Waals surface area contributed by atoms with Crippen LogP contribution in [0.5, 0.6) is 0 Å². The number of fused-ring (bicyclic) bond motifs is 1. The van der Waals surface area contributed by atoms with Crippen molar-refractivity contribution in [2.45, 2.75) is 17.4 Å². The first kappa shape index (κ1) is 21.5. The number of sulfone groups is 1. The predicted octanol–water partition coefficient (Wildman–Crippen LogP) is 4.53. The Kier molecular flexibility index (Phi) is 5.38. The number of halogens is 1. The standard InChI is InChI=1S/C24H20FN3O3S2/c1-27-14-23(18-5-2-3-6-20(18)27)33(30,31)15-24(29)28-21(16-8-10-17(25)11-9-16)13-19(26-28)22-7-4-12-32-22/h2-12,14,21H,13,15H2,1H3. The van der Waals surface area contributed by atoms with Gasteiger partial charge in [0, 0.05) is 30.6 Å². The minimum absolute atomic E-state index is 0.119. The number of hydrogen-bond acceptors (Lipinski definition) is 5. The second-order valence-corrected chi connectivity index (χ2v) is 10.8. The van der Waals surface area contributed by atoms with Crippen LogP contribution < -0.4 is 0 Å². The molecule has 2 aromatic heterocycles. The zero-order valence-corrected chi connectivity index (χ0v) is 19.3. The molecule has 0 aliphatic carbocycles. The highest BCUT2D eigenvalue weighted by Crippen LogP contribution is 2.35. The van der Waals surface area contributed by atoms with E-state index >= 15 is 0 Å². The minimum atomic E-state index is -3.93. The Morgan fingerprint density at radius 3 is 2.61 bits per heavy atom. The van der Waals surface area contributed by atoms with Gasteiger partial charge in [0.2, 0.25) is 0 Å². The van der Waals surface area contributed by atoms with E-state index in [0.29, 0.717) is 23.1 Å². The number of para-hydroxylation sites is 1. The fourth-order valence-corrected chi connectivity index (χ4v) is 6.30. The summed E-state index contributed by atoms with van der Waals surface area (Å²) in [7, 11) is -2.16. The van der Waals surface area contributed by atoms with Gasteiger partial charge in [0.25, 0.3) is 5.91 Å². The van der Waals surface area contributed by atoms with Crippen molar-refractivity contribution in [3.63, 3.8) is 0 Å². The van der Waals surface area contributed by atoms with Gasteiger partial charge in [-0.15, -0.1) is 11.3 Å². The molecule has 0 N–H and O–H groups in total. The van der Waals surface area contributed by atoms with Crippen LogP contribution in [-0.2, 0) is 21.7 Å². The number of hydrazone groups is 1. The van der Waals surface area contributed by atoms with Gasteiger partial charge in [-0.25, -0.2) is 17.8 Å². The van der Waals surface area contributed by atoms with Crippen molar-refractivity contribution < 1.29 is 17.6 Å². The number of carbonyl (C=O) groups is 1. The average Bonchev–Trinajstić information content (AvgIpc) is 3.53. The van der Waals surface area contributed by atoms with Crippen LogP contribution in [0.4, 0.5) is 4.39 Å². The molecular formula is C24H20FN3O3S2. The van der Waals surface area contributed by atoms with Gasteiger partial charge in [0.15, 0.2) is 9.84 Å². The molecule has 9 heteroatoms. The summed E-state index contributed by atoms with van der Waals surface area (Å²) in [5, 5.41) is 8.24. The first-order chi connectivity index (χ1) is 15.8. The monoisotopic (exact) mass is 481 g/mol. The summed E-state index contributed by atoms with van der Waals surface area (Å²) < 4.78 is 41.7. The van der Waals surface area contributed by atoms with Crippen molar-refractivity contribution in [1.29, 1.82) is 0 Å². The molecule has 0 fully saturated rings. The van der Waals surface area contributed by atoms with E-state index in [9.17, 15) is 17.6 Å². The zero-order chi connectivity index (χ0) is 23.2. The fourth-order valence-electron chi connectivity index (χ4n) is 4.14. The average molecular weight is 482 g/mol. The van der Waals surface area contributed by atoms with Crippen LogP contribution in [0.15, 0.2) is 82.2 Å². The number of amides is 1. The molecule has 6 nitrogen and oxygen atoms in total. The van der Waals surface area contributed by atoms with Gasteiger partial charge in [-0.05, 0) is 35.2 Å². The van der Waals surface area contributed by atoms with Crippen molar-refractivity contribution in [2.75, 3.05) is 5.75 Å². The molecule has 0 radical (unpaired) electrons. The van der Waals surface area contributed by atoms with Gasteiger partial charge in [0.1, 0.15) is 11.6 Å². The molecule has 1 aliphatic rings. The smallest absolute Gasteiger partial charge is 0.258 e. The van der Waals surface area contributed by atoms with E-state index < -0.39 is 27.5 Å². The van der Waals surface area contributed by atoms with E-state index in [2.05, 4.69) is 5.10 Å². The summed E-state index contributed by atoms with van der Waals surface area (Å²) in [6, 6.07) is 16.3. The lowest BCUT2D eigenvalue weighted by atomic mass is 10.0. The van der Waals surface area contributed by atoms with Crippen LogP contribution in [0.3, 0.4) is 0 Å². The topological polar surface area (TPSA) is 71.7 Å². The third kappa shape index (κ3) is 3.98. The van der Waals surface area contributed by atoms with Crippen molar-refractivity contribution in [2.24, 2.45) is 12.1 Å². The van der Waals surface area contributed by atoms with Crippen LogP contribution in [0.1, 0.15) is 22.9 Å². The Balaban J connectivity index is 1.49. The fraction of sp³-hybridized carbons (Fsp3) is 0.167. The Morgan fingerprint density at radius 2 is 1.88 bits per heavy atom. The minimum Gasteiger partial charge on any atom is -0.349 e. The Bertz CT molecular complexity index is 1470. The molecular weight excluding hydrogens is 461 g/mol. The molecule has 1 aliphatic heterocycles. The number of aryl methyl sites for hydroxylation is 1. The van der Waals surface area contributed by atoms with Gasteiger partial charge in [0.05, 0.1) is 21.5 Å². The number of aromatic nitrogens is 1. The molecule has 0 saturated heterocycles. The normalized spacial score (nSPS) is 16.4. The number of rotatable bonds is 5. The number of thiophene rings is 1. The molecule has 1 amide bonds. The lowest BCUT2D eigenvalue weighted by Crippen LogP contribution is -2.32. The van der Waals surface area contributed by atoms with Crippen LogP contribution >= 0.6 is 11.3 Å². The Morgan fingerprint density at radius 1 is 1.12 bits per heavy atom. The van der Waals surface area contributed by atoms with Crippen molar-refractivity contribution >= 4 is 43.7 Å². The molecule has 0 saturated carbocycles. The van der Waals surface area contributed by atoms with Crippen molar-refractivity contribution in [1.82, 2.24) is 9.58 Å². The quantitative estimate of drug-likeness (QED) is 0.420. The number of carbonyl (C=O) groups excluding carboxylic acids is 1. The van der Waals surface area contributed by atoms with Crippen LogP contribution in [0, 0.1) is 5.82 Å². The zero-order valence-electron chi connectivity index (χ0n) is 17.7. The molecule has 1 unspecified atom stereocenters. The lowest BCUT2D eigenvalue weighted by Gasteiger charge is -2.22. The Hall–Kier alpha value is -3.30. The van der Waals surface area contributed by atoms with Gasteiger partial charge in [-0.3, -0.25) is 4.79 Å². The number of benzene rings is 2. The van der Waals surface area contributed by atoms with Gasteiger partial charge >= 0.3 is 0 Å².